The van der Waals surface area contributed by atoms with Crippen LogP contribution in [0.25, 0.3) is 21.0 Å². The highest BCUT2D eigenvalue weighted by Gasteiger charge is 2.18. The molecule has 1 heterocycles. The minimum atomic E-state index is -1.06. The van der Waals surface area contributed by atoms with Crippen LogP contribution < -0.4 is 0 Å². The molecule has 0 amide bonds. The predicted molar refractivity (Wildman–Crippen MR) is 84.9 cm³/mol. The minimum Gasteiger partial charge on any atom is -0.478 e. The first kappa shape index (κ1) is 14.7. The van der Waals surface area contributed by atoms with Crippen LogP contribution in [-0.2, 0) is 0 Å². The van der Waals surface area contributed by atoms with E-state index in [-0.39, 0.29) is 11.4 Å². The average Bonchev–Trinajstić information content (AvgIpc) is 2.97. The van der Waals surface area contributed by atoms with Gasteiger partial charge in [0.15, 0.2) is 0 Å². The zero-order chi connectivity index (χ0) is 15.7. The number of hydrogen-bond donors (Lipinski definition) is 1. The van der Waals surface area contributed by atoms with Crippen molar-refractivity contribution in [1.82, 2.24) is 4.98 Å². The summed E-state index contributed by atoms with van der Waals surface area (Å²) >= 11 is 7.45. The Labute approximate surface area is 134 Å². The Balaban J connectivity index is 2.08. The molecule has 1 aromatic heterocycles. The molecule has 6 heteroatoms. The summed E-state index contributed by atoms with van der Waals surface area (Å²) in [6.45, 7) is 0. The number of benzene rings is 2. The lowest BCUT2D eigenvalue weighted by Gasteiger charge is -2.04. The number of halogens is 2. The molecule has 1 N–H and O–H groups in total. The zero-order valence-corrected chi connectivity index (χ0v) is 12.7. The molecule has 0 fully saturated rings. The van der Waals surface area contributed by atoms with Crippen LogP contribution in [0.1, 0.15) is 10.4 Å². The molecular weight excluding hydrogens is 325 g/mol. The Morgan fingerprint density at radius 3 is 2.59 bits per heavy atom. The molecule has 110 valence electrons. The second-order valence-corrected chi connectivity index (χ2v) is 5.94. The Hall–Kier alpha value is -2.24. The van der Waals surface area contributed by atoms with Crippen molar-refractivity contribution in [3.05, 3.63) is 65.1 Å². The summed E-state index contributed by atoms with van der Waals surface area (Å²) in [7, 11) is 0. The largest absolute Gasteiger partial charge is 0.478 e. The maximum Gasteiger partial charge on any atom is 0.336 e. The Kier molecular flexibility index (Phi) is 3.92. The van der Waals surface area contributed by atoms with E-state index in [1.807, 2.05) is 0 Å². The third-order valence-electron chi connectivity index (χ3n) is 3.09. The van der Waals surface area contributed by atoms with E-state index >= 15 is 0 Å². The van der Waals surface area contributed by atoms with Gasteiger partial charge in [-0.15, -0.1) is 11.3 Å². The van der Waals surface area contributed by atoms with E-state index in [1.54, 1.807) is 30.5 Å². The number of carbonyl (C=O) groups is 1. The summed E-state index contributed by atoms with van der Waals surface area (Å²) < 4.78 is 13.0. The summed E-state index contributed by atoms with van der Waals surface area (Å²) in [6, 6.07) is 10.7. The second-order valence-electron chi connectivity index (χ2n) is 4.50. The number of carboxylic acids is 1. The first-order valence-electron chi connectivity index (χ1n) is 6.30. The van der Waals surface area contributed by atoms with E-state index in [9.17, 15) is 14.3 Å². The van der Waals surface area contributed by atoms with Gasteiger partial charge in [-0.25, -0.2) is 14.2 Å². The van der Waals surface area contributed by atoms with Crippen LogP contribution in [0.5, 0.6) is 0 Å². The molecule has 0 radical (unpaired) electrons. The average molecular weight is 334 g/mol. The fourth-order valence-electron chi connectivity index (χ4n) is 2.06. The van der Waals surface area contributed by atoms with Gasteiger partial charge in [-0.2, -0.15) is 0 Å². The van der Waals surface area contributed by atoms with Crippen molar-refractivity contribution in [1.29, 1.82) is 0 Å². The van der Waals surface area contributed by atoms with Crippen LogP contribution in [0.15, 0.2) is 48.7 Å². The standard InChI is InChI=1S/C16H9ClFNO2S/c17-12-3-1-2-11(16(20)21)14(12)15-19-8-13(22-15)9-4-6-10(18)7-5-9/h1-8H,(H,20,21). The predicted octanol–water partition coefficient (Wildman–Crippen LogP) is 4.97. The Morgan fingerprint density at radius 2 is 1.91 bits per heavy atom. The molecule has 0 saturated heterocycles. The van der Waals surface area contributed by atoms with Gasteiger partial charge in [0.05, 0.1) is 15.5 Å². The summed E-state index contributed by atoms with van der Waals surface area (Å²) in [4.78, 5) is 16.4. The van der Waals surface area contributed by atoms with E-state index < -0.39 is 5.97 Å². The minimum absolute atomic E-state index is 0.104. The summed E-state index contributed by atoms with van der Waals surface area (Å²) in [5.41, 5.74) is 1.32. The van der Waals surface area contributed by atoms with Gasteiger partial charge in [-0.3, -0.25) is 0 Å². The molecule has 0 atom stereocenters. The van der Waals surface area contributed by atoms with Crippen molar-refractivity contribution in [2.75, 3.05) is 0 Å². The molecule has 3 aromatic rings. The first-order valence-corrected chi connectivity index (χ1v) is 7.49. The lowest BCUT2D eigenvalue weighted by Crippen LogP contribution is -1.99. The molecule has 0 aliphatic heterocycles. The van der Waals surface area contributed by atoms with Crippen LogP contribution in [0.2, 0.25) is 5.02 Å². The number of rotatable bonds is 3. The monoisotopic (exact) mass is 333 g/mol. The molecule has 0 unspecified atom stereocenters. The topological polar surface area (TPSA) is 50.2 Å². The van der Waals surface area contributed by atoms with E-state index in [1.165, 1.54) is 29.5 Å². The fourth-order valence-corrected chi connectivity index (χ4v) is 3.37. The Morgan fingerprint density at radius 1 is 1.18 bits per heavy atom. The van der Waals surface area contributed by atoms with E-state index in [2.05, 4.69) is 4.98 Å². The third kappa shape index (κ3) is 2.73. The maximum atomic E-state index is 13.0. The molecule has 3 nitrogen and oxygen atoms in total. The summed E-state index contributed by atoms with van der Waals surface area (Å²) in [5.74, 6) is -1.37. The summed E-state index contributed by atoms with van der Waals surface area (Å²) in [5, 5.41) is 10.1. The number of carboxylic acid groups (broad SMARTS) is 1. The quantitative estimate of drug-likeness (QED) is 0.736. The van der Waals surface area contributed by atoms with Crippen molar-refractivity contribution >= 4 is 28.9 Å². The molecule has 3 rings (SSSR count). The lowest BCUT2D eigenvalue weighted by molar-refractivity contribution is 0.0697. The van der Waals surface area contributed by atoms with Gasteiger partial charge < -0.3 is 5.11 Å². The molecule has 0 aliphatic carbocycles. The maximum absolute atomic E-state index is 13.0. The first-order chi connectivity index (χ1) is 10.6. The van der Waals surface area contributed by atoms with Crippen LogP contribution in [0.4, 0.5) is 4.39 Å². The number of hydrogen-bond acceptors (Lipinski definition) is 3. The van der Waals surface area contributed by atoms with Crippen LogP contribution in [0.3, 0.4) is 0 Å². The van der Waals surface area contributed by atoms with Gasteiger partial charge in [-0.05, 0) is 29.8 Å². The SMILES string of the molecule is O=C(O)c1cccc(Cl)c1-c1ncc(-c2ccc(F)cc2)s1. The van der Waals surface area contributed by atoms with Crippen molar-refractivity contribution in [2.45, 2.75) is 0 Å². The Bertz CT molecular complexity index is 846. The van der Waals surface area contributed by atoms with Crippen LogP contribution in [-0.4, -0.2) is 16.1 Å². The zero-order valence-electron chi connectivity index (χ0n) is 11.1. The number of thiazole rings is 1. The molecule has 0 saturated carbocycles. The molecule has 0 aliphatic rings. The number of aromatic nitrogens is 1. The highest BCUT2D eigenvalue weighted by atomic mass is 35.5. The van der Waals surface area contributed by atoms with Crippen molar-refractivity contribution in [3.63, 3.8) is 0 Å². The normalized spacial score (nSPS) is 10.6. The number of aromatic carboxylic acids is 1. The highest BCUT2D eigenvalue weighted by molar-refractivity contribution is 7.18. The molecular formula is C16H9ClFNO2S. The molecule has 22 heavy (non-hydrogen) atoms. The van der Waals surface area contributed by atoms with Crippen LogP contribution in [0, 0.1) is 5.82 Å². The van der Waals surface area contributed by atoms with Gasteiger partial charge in [0.25, 0.3) is 0 Å². The van der Waals surface area contributed by atoms with Crippen molar-refractivity contribution in [3.8, 4) is 21.0 Å². The van der Waals surface area contributed by atoms with Gasteiger partial charge >= 0.3 is 5.97 Å². The van der Waals surface area contributed by atoms with Gasteiger partial charge in [0, 0.05) is 11.8 Å². The van der Waals surface area contributed by atoms with Crippen LogP contribution >= 0.6 is 22.9 Å². The lowest BCUT2D eigenvalue weighted by atomic mass is 10.1. The van der Waals surface area contributed by atoms with E-state index in [0.29, 0.717) is 15.6 Å². The summed E-state index contributed by atoms with van der Waals surface area (Å²) in [6.07, 6.45) is 1.63. The smallest absolute Gasteiger partial charge is 0.336 e. The number of nitrogens with zero attached hydrogens (tertiary/aromatic N) is 1. The van der Waals surface area contributed by atoms with Gasteiger partial charge in [0.2, 0.25) is 0 Å². The van der Waals surface area contributed by atoms with E-state index in [4.69, 9.17) is 11.6 Å². The fraction of sp³-hybridized carbons (Fsp3) is 0. The second kappa shape index (κ2) is 5.87. The molecule has 0 bridgehead atoms. The van der Waals surface area contributed by atoms with Gasteiger partial charge in [-0.1, -0.05) is 29.8 Å². The third-order valence-corrected chi connectivity index (χ3v) is 4.47. The molecule has 0 spiro atoms. The molecule has 2 aromatic carbocycles. The van der Waals surface area contributed by atoms with Gasteiger partial charge in [0.1, 0.15) is 10.8 Å². The van der Waals surface area contributed by atoms with Crippen molar-refractivity contribution in [2.24, 2.45) is 0 Å². The highest BCUT2D eigenvalue weighted by Crippen LogP contribution is 2.37. The van der Waals surface area contributed by atoms with Crippen molar-refractivity contribution < 1.29 is 14.3 Å². The van der Waals surface area contributed by atoms with E-state index in [0.717, 1.165) is 10.4 Å².